The van der Waals surface area contributed by atoms with Crippen molar-refractivity contribution in [3.63, 3.8) is 0 Å². The van der Waals surface area contributed by atoms with Crippen molar-refractivity contribution in [3.8, 4) is 5.75 Å². The van der Waals surface area contributed by atoms with Gasteiger partial charge >= 0.3 is 0 Å². The molecule has 2 rings (SSSR count). The smallest absolute Gasteiger partial charge is 0.126 e. The highest BCUT2D eigenvalue weighted by Crippen LogP contribution is 2.21. The van der Waals surface area contributed by atoms with Crippen molar-refractivity contribution in [1.82, 2.24) is 0 Å². The monoisotopic (exact) mass is 267 g/mol. The molecule has 2 N–H and O–H groups in total. The summed E-state index contributed by atoms with van der Waals surface area (Å²) >= 11 is 0. The molecule has 0 heterocycles. The van der Waals surface area contributed by atoms with Crippen molar-refractivity contribution in [2.45, 2.75) is 12.8 Å². The summed E-state index contributed by atoms with van der Waals surface area (Å²) in [5.41, 5.74) is 7.77. The van der Waals surface area contributed by atoms with Gasteiger partial charge in [0.2, 0.25) is 0 Å². The molecule has 0 aliphatic carbocycles. The van der Waals surface area contributed by atoms with Gasteiger partial charge in [-0.05, 0) is 31.0 Å². The van der Waals surface area contributed by atoms with Crippen molar-refractivity contribution in [1.29, 1.82) is 0 Å². The number of unbranched alkanes of at least 4 members (excludes halogenated alkanes) is 1. The third kappa shape index (κ3) is 4.56. The van der Waals surface area contributed by atoms with Crippen LogP contribution >= 0.6 is 0 Å². The van der Waals surface area contributed by atoms with E-state index in [0.717, 1.165) is 30.7 Å². The van der Waals surface area contributed by atoms with E-state index in [1.54, 1.807) is 0 Å². The summed E-state index contributed by atoms with van der Waals surface area (Å²) in [5.74, 6) is 0.928. The lowest BCUT2D eigenvalue weighted by molar-refractivity contribution is 0.307. The Morgan fingerprint density at radius 3 is 2.40 bits per heavy atom. The number of nitrogens with two attached hydrogens (primary N) is 1. The van der Waals surface area contributed by atoms with E-state index in [4.69, 9.17) is 10.5 Å². The topological polar surface area (TPSA) is 35.2 Å². The summed E-state index contributed by atoms with van der Waals surface area (Å²) in [6, 6.07) is 18.4. The fourth-order valence-corrected chi connectivity index (χ4v) is 1.93. The molecule has 20 heavy (non-hydrogen) atoms. The predicted molar refractivity (Wildman–Crippen MR) is 85.6 cm³/mol. The lowest BCUT2D eigenvalue weighted by Gasteiger charge is -2.08. The molecule has 0 atom stereocenters. The van der Waals surface area contributed by atoms with Crippen LogP contribution in [0.25, 0.3) is 12.2 Å². The maximum absolute atomic E-state index is 5.82. The Hall–Kier alpha value is -2.06. The maximum atomic E-state index is 5.82. The highest BCUT2D eigenvalue weighted by atomic mass is 16.5. The molecule has 0 radical (unpaired) electrons. The van der Waals surface area contributed by atoms with Crippen molar-refractivity contribution < 1.29 is 4.74 Å². The Morgan fingerprint density at radius 2 is 1.60 bits per heavy atom. The molecule has 0 aliphatic rings. The van der Waals surface area contributed by atoms with Crippen LogP contribution in [0.15, 0.2) is 54.6 Å². The molecule has 104 valence electrons. The standard InChI is InChI=1S/C18H21NO/c19-14-6-7-15-20-18-11-5-4-10-17(18)13-12-16-8-2-1-3-9-16/h1-5,8-13H,6-7,14-15,19H2. The van der Waals surface area contributed by atoms with Gasteiger partial charge in [-0.2, -0.15) is 0 Å². The van der Waals surface area contributed by atoms with Crippen LogP contribution in [0.3, 0.4) is 0 Å². The first kappa shape index (κ1) is 14.4. The molecular formula is C18H21NO. The average Bonchev–Trinajstić information content (AvgIpc) is 2.51. The predicted octanol–water partition coefficient (Wildman–Crippen LogP) is 3.97. The lowest BCUT2D eigenvalue weighted by atomic mass is 10.1. The lowest BCUT2D eigenvalue weighted by Crippen LogP contribution is -2.03. The molecule has 0 saturated heterocycles. The van der Waals surface area contributed by atoms with Crippen LogP contribution in [0.1, 0.15) is 24.0 Å². The number of benzene rings is 2. The summed E-state index contributed by atoms with van der Waals surface area (Å²) in [6.07, 6.45) is 6.19. The van der Waals surface area contributed by atoms with E-state index in [9.17, 15) is 0 Å². The summed E-state index contributed by atoms with van der Waals surface area (Å²) in [6.45, 7) is 1.44. The van der Waals surface area contributed by atoms with Gasteiger partial charge in [0.05, 0.1) is 6.61 Å². The fourth-order valence-electron chi connectivity index (χ4n) is 1.93. The summed E-state index contributed by atoms with van der Waals surface area (Å²) < 4.78 is 5.82. The molecule has 0 unspecified atom stereocenters. The summed E-state index contributed by atoms with van der Waals surface area (Å²) in [5, 5.41) is 0. The summed E-state index contributed by atoms with van der Waals surface area (Å²) in [4.78, 5) is 0. The van der Waals surface area contributed by atoms with Gasteiger partial charge in [-0.3, -0.25) is 0 Å². The quantitative estimate of drug-likeness (QED) is 0.608. The number of para-hydroxylation sites is 1. The number of rotatable bonds is 7. The highest BCUT2D eigenvalue weighted by molar-refractivity contribution is 5.72. The molecule has 0 amide bonds. The molecule has 0 bridgehead atoms. The third-order valence-electron chi connectivity index (χ3n) is 3.03. The van der Waals surface area contributed by atoms with Crippen LogP contribution in [0.4, 0.5) is 0 Å². The largest absolute Gasteiger partial charge is 0.493 e. The third-order valence-corrected chi connectivity index (χ3v) is 3.03. The molecule has 0 saturated carbocycles. The van der Waals surface area contributed by atoms with Crippen LogP contribution in [0.5, 0.6) is 5.75 Å². The first-order chi connectivity index (χ1) is 9.90. The first-order valence-electron chi connectivity index (χ1n) is 7.05. The van der Waals surface area contributed by atoms with E-state index in [1.165, 1.54) is 5.56 Å². The van der Waals surface area contributed by atoms with Crippen LogP contribution in [0.2, 0.25) is 0 Å². The number of ether oxygens (including phenoxy) is 1. The molecule has 2 heteroatoms. The van der Waals surface area contributed by atoms with Gasteiger partial charge in [-0.15, -0.1) is 0 Å². The van der Waals surface area contributed by atoms with Gasteiger partial charge in [0.25, 0.3) is 0 Å². The van der Waals surface area contributed by atoms with E-state index in [0.29, 0.717) is 6.61 Å². The van der Waals surface area contributed by atoms with E-state index in [-0.39, 0.29) is 0 Å². The zero-order valence-corrected chi connectivity index (χ0v) is 11.7. The molecule has 2 aromatic rings. The molecule has 2 nitrogen and oxygen atoms in total. The molecule has 0 aliphatic heterocycles. The van der Waals surface area contributed by atoms with E-state index in [1.807, 2.05) is 36.4 Å². The second-order valence-corrected chi connectivity index (χ2v) is 4.63. The molecule has 0 spiro atoms. The van der Waals surface area contributed by atoms with E-state index in [2.05, 4.69) is 30.4 Å². The van der Waals surface area contributed by atoms with Crippen molar-refractivity contribution in [3.05, 3.63) is 65.7 Å². The van der Waals surface area contributed by atoms with Crippen molar-refractivity contribution in [2.75, 3.05) is 13.2 Å². The number of hydrogen-bond acceptors (Lipinski definition) is 2. The number of hydrogen-bond donors (Lipinski definition) is 1. The minimum Gasteiger partial charge on any atom is -0.493 e. The molecule has 0 aromatic heterocycles. The van der Waals surface area contributed by atoms with Crippen molar-refractivity contribution in [2.24, 2.45) is 5.73 Å². The Labute approximate surface area is 120 Å². The maximum Gasteiger partial charge on any atom is 0.126 e. The fraction of sp³-hybridized carbons (Fsp3) is 0.222. The Kier molecular flexibility index (Phi) is 5.87. The van der Waals surface area contributed by atoms with Crippen molar-refractivity contribution >= 4 is 12.2 Å². The average molecular weight is 267 g/mol. The minimum atomic E-state index is 0.716. The van der Waals surface area contributed by atoms with Crippen LogP contribution < -0.4 is 10.5 Å². The first-order valence-corrected chi connectivity index (χ1v) is 7.05. The Balaban J connectivity index is 2.02. The SMILES string of the molecule is NCCCCOc1ccccc1C=Cc1ccccc1. The van der Waals surface area contributed by atoms with Crippen LogP contribution in [0, 0.1) is 0 Å². The molecular weight excluding hydrogens is 246 g/mol. The molecule has 0 fully saturated rings. The second kappa shape index (κ2) is 8.18. The molecule has 2 aromatic carbocycles. The van der Waals surface area contributed by atoms with Gasteiger partial charge < -0.3 is 10.5 Å². The van der Waals surface area contributed by atoms with Gasteiger partial charge in [0.15, 0.2) is 0 Å². The van der Waals surface area contributed by atoms with Crippen LogP contribution in [-0.4, -0.2) is 13.2 Å². The van der Waals surface area contributed by atoms with Crippen LogP contribution in [-0.2, 0) is 0 Å². The van der Waals surface area contributed by atoms with E-state index < -0.39 is 0 Å². The normalized spacial score (nSPS) is 10.8. The Bertz CT molecular complexity index is 534. The Morgan fingerprint density at radius 1 is 0.850 bits per heavy atom. The van der Waals surface area contributed by atoms with Gasteiger partial charge in [-0.1, -0.05) is 60.7 Å². The van der Waals surface area contributed by atoms with Gasteiger partial charge in [-0.25, -0.2) is 0 Å². The minimum absolute atomic E-state index is 0.716. The van der Waals surface area contributed by atoms with Gasteiger partial charge in [0.1, 0.15) is 5.75 Å². The zero-order chi connectivity index (χ0) is 14.0. The summed E-state index contributed by atoms with van der Waals surface area (Å²) in [7, 11) is 0. The van der Waals surface area contributed by atoms with Gasteiger partial charge in [0, 0.05) is 5.56 Å². The zero-order valence-electron chi connectivity index (χ0n) is 11.7. The highest BCUT2D eigenvalue weighted by Gasteiger charge is 1.99. The second-order valence-electron chi connectivity index (χ2n) is 4.63. The van der Waals surface area contributed by atoms with E-state index >= 15 is 0 Å².